The Labute approximate surface area is 160 Å². The average Bonchev–Trinajstić information content (AvgIpc) is 2.62. The maximum absolute atomic E-state index is 12.9. The number of hydrogen-bond acceptors (Lipinski definition) is 5. The van der Waals surface area contributed by atoms with Crippen molar-refractivity contribution < 1.29 is 22.4 Å². The van der Waals surface area contributed by atoms with Gasteiger partial charge in [0.25, 0.3) is 0 Å². The maximum atomic E-state index is 12.9. The van der Waals surface area contributed by atoms with Gasteiger partial charge in [-0.15, -0.1) is 11.8 Å². The Morgan fingerprint density at radius 2 is 1.93 bits per heavy atom. The Kier molecular flexibility index (Phi) is 5.52. The van der Waals surface area contributed by atoms with Crippen molar-refractivity contribution in [2.75, 3.05) is 16.4 Å². The monoisotopic (exact) mass is 408 g/mol. The predicted octanol–water partition coefficient (Wildman–Crippen LogP) is 3.06. The van der Waals surface area contributed by atoms with Crippen LogP contribution in [0.2, 0.25) is 0 Å². The molecule has 0 unspecified atom stereocenters. The first-order valence-electron chi connectivity index (χ1n) is 8.14. The Morgan fingerprint density at radius 3 is 2.63 bits per heavy atom. The normalized spacial score (nSPS) is 16.4. The highest BCUT2D eigenvalue weighted by Crippen LogP contribution is 2.36. The van der Waals surface area contributed by atoms with Crippen LogP contribution in [-0.2, 0) is 19.4 Å². The molecule has 1 atom stereocenters. The number of carbonyl (C=O) groups is 2. The Morgan fingerprint density at radius 1 is 1.22 bits per heavy atom. The zero-order valence-corrected chi connectivity index (χ0v) is 16.0. The van der Waals surface area contributed by atoms with Crippen molar-refractivity contribution in [1.82, 2.24) is 0 Å². The number of carbonyl (C=O) groups excluding carboxylic acids is 2. The predicted molar refractivity (Wildman–Crippen MR) is 102 cm³/mol. The number of nitrogens with one attached hydrogen (secondary N) is 2. The van der Waals surface area contributed by atoms with Crippen LogP contribution < -0.4 is 10.6 Å². The van der Waals surface area contributed by atoms with Gasteiger partial charge in [0.2, 0.25) is 11.8 Å². The minimum atomic E-state index is -3.70. The number of sulfone groups is 1. The van der Waals surface area contributed by atoms with Crippen molar-refractivity contribution in [3.63, 3.8) is 0 Å². The van der Waals surface area contributed by atoms with Crippen molar-refractivity contribution in [3.8, 4) is 0 Å². The number of hydrogen-bond donors (Lipinski definition) is 2. The number of benzene rings is 2. The minimum absolute atomic E-state index is 0.0475. The van der Waals surface area contributed by atoms with E-state index in [1.54, 1.807) is 13.0 Å². The van der Waals surface area contributed by atoms with E-state index in [9.17, 15) is 22.4 Å². The van der Waals surface area contributed by atoms with Gasteiger partial charge in [-0.05, 0) is 49.4 Å². The standard InChI is InChI=1S/C18H17FN2O4S2/c1-11-18(23)21-15-10-14(6-7-16(15)26-11)27(24,25)9-8-17(22)20-13-4-2-12(19)3-5-13/h2-7,10-11H,8-9H2,1H3,(H,20,22)(H,21,23)/t11-/m0/s1. The molecule has 3 rings (SSSR count). The van der Waals surface area contributed by atoms with Crippen LogP contribution in [0.15, 0.2) is 52.3 Å². The van der Waals surface area contributed by atoms with Gasteiger partial charge in [0, 0.05) is 17.0 Å². The summed E-state index contributed by atoms with van der Waals surface area (Å²) in [5.74, 6) is -1.47. The maximum Gasteiger partial charge on any atom is 0.237 e. The molecule has 0 saturated heterocycles. The SMILES string of the molecule is C[C@@H]1Sc2ccc(S(=O)(=O)CCC(=O)Nc3ccc(F)cc3)cc2NC1=O. The molecule has 0 aromatic heterocycles. The van der Waals surface area contributed by atoms with Crippen LogP contribution in [0.4, 0.5) is 15.8 Å². The number of halogens is 1. The molecule has 2 aromatic rings. The summed E-state index contributed by atoms with van der Waals surface area (Å²) in [4.78, 5) is 24.6. The molecule has 0 aliphatic carbocycles. The van der Waals surface area contributed by atoms with E-state index >= 15 is 0 Å². The highest BCUT2D eigenvalue weighted by atomic mass is 32.2. The van der Waals surface area contributed by atoms with Gasteiger partial charge < -0.3 is 10.6 Å². The van der Waals surface area contributed by atoms with Gasteiger partial charge in [-0.25, -0.2) is 12.8 Å². The second-order valence-corrected chi connectivity index (χ2v) is 9.52. The molecule has 9 heteroatoms. The molecule has 1 aliphatic heterocycles. The molecule has 0 saturated carbocycles. The number of fused-ring (bicyclic) bond motifs is 1. The topological polar surface area (TPSA) is 92.3 Å². The lowest BCUT2D eigenvalue weighted by Gasteiger charge is -2.21. The number of thioether (sulfide) groups is 1. The first-order chi connectivity index (χ1) is 12.7. The largest absolute Gasteiger partial charge is 0.326 e. The molecular formula is C18H17FN2O4S2. The van der Waals surface area contributed by atoms with Crippen LogP contribution in [0.1, 0.15) is 13.3 Å². The van der Waals surface area contributed by atoms with E-state index in [4.69, 9.17) is 0 Å². The summed E-state index contributed by atoms with van der Waals surface area (Å²) in [6.45, 7) is 1.77. The van der Waals surface area contributed by atoms with E-state index in [2.05, 4.69) is 10.6 Å². The lowest BCUT2D eigenvalue weighted by atomic mass is 10.3. The van der Waals surface area contributed by atoms with Gasteiger partial charge in [-0.2, -0.15) is 0 Å². The summed E-state index contributed by atoms with van der Waals surface area (Å²) in [6.07, 6.45) is -0.241. The fourth-order valence-electron chi connectivity index (χ4n) is 2.48. The van der Waals surface area contributed by atoms with Crippen LogP contribution in [0.3, 0.4) is 0 Å². The third-order valence-corrected chi connectivity index (χ3v) is 6.86. The molecule has 2 amide bonds. The Bertz CT molecular complexity index is 991. The molecule has 0 bridgehead atoms. The van der Waals surface area contributed by atoms with Crippen LogP contribution in [-0.4, -0.2) is 31.2 Å². The molecule has 27 heavy (non-hydrogen) atoms. The van der Waals surface area contributed by atoms with Crippen LogP contribution in [0.25, 0.3) is 0 Å². The molecule has 6 nitrogen and oxygen atoms in total. The van der Waals surface area contributed by atoms with Gasteiger partial charge >= 0.3 is 0 Å². The second-order valence-electron chi connectivity index (χ2n) is 6.03. The van der Waals surface area contributed by atoms with Crippen molar-refractivity contribution in [3.05, 3.63) is 48.3 Å². The van der Waals surface area contributed by atoms with Crippen LogP contribution in [0.5, 0.6) is 0 Å². The highest BCUT2D eigenvalue weighted by Gasteiger charge is 2.25. The van der Waals surface area contributed by atoms with Gasteiger partial charge in [0.15, 0.2) is 9.84 Å². The van der Waals surface area contributed by atoms with Crippen molar-refractivity contribution in [2.45, 2.75) is 28.4 Å². The second kappa shape index (κ2) is 7.69. The summed E-state index contributed by atoms with van der Waals surface area (Å²) < 4.78 is 37.9. The lowest BCUT2D eigenvalue weighted by Crippen LogP contribution is -2.26. The third-order valence-electron chi connectivity index (χ3n) is 3.97. The molecule has 1 heterocycles. The van der Waals surface area contributed by atoms with Crippen molar-refractivity contribution in [2.24, 2.45) is 0 Å². The van der Waals surface area contributed by atoms with Gasteiger partial charge in [0.05, 0.1) is 21.6 Å². The molecule has 0 spiro atoms. The fourth-order valence-corrected chi connectivity index (χ4v) is 4.68. The Balaban J connectivity index is 1.66. The summed E-state index contributed by atoms with van der Waals surface area (Å²) in [6, 6.07) is 9.74. The smallest absolute Gasteiger partial charge is 0.237 e. The molecule has 1 aliphatic rings. The van der Waals surface area contributed by atoms with E-state index in [1.165, 1.54) is 48.2 Å². The number of anilines is 2. The summed E-state index contributed by atoms with van der Waals surface area (Å²) in [5, 5.41) is 4.97. The molecule has 142 valence electrons. The van der Waals surface area contributed by atoms with Gasteiger partial charge in [-0.3, -0.25) is 9.59 Å². The first kappa shape index (κ1) is 19.4. The minimum Gasteiger partial charge on any atom is -0.326 e. The quantitative estimate of drug-likeness (QED) is 0.793. The van der Waals surface area contributed by atoms with E-state index in [-0.39, 0.29) is 28.2 Å². The van der Waals surface area contributed by atoms with E-state index in [0.717, 1.165) is 4.90 Å². The molecule has 2 N–H and O–H groups in total. The lowest BCUT2D eigenvalue weighted by molar-refractivity contribution is -0.116. The third kappa shape index (κ3) is 4.67. The number of amides is 2. The molecular weight excluding hydrogens is 391 g/mol. The summed E-state index contributed by atoms with van der Waals surface area (Å²) in [7, 11) is -3.70. The van der Waals surface area contributed by atoms with Gasteiger partial charge in [-0.1, -0.05) is 0 Å². The number of rotatable bonds is 5. The highest BCUT2D eigenvalue weighted by molar-refractivity contribution is 8.01. The fraction of sp³-hybridized carbons (Fsp3) is 0.222. The van der Waals surface area contributed by atoms with Crippen molar-refractivity contribution in [1.29, 1.82) is 0 Å². The van der Waals surface area contributed by atoms with Crippen LogP contribution in [0, 0.1) is 5.82 Å². The van der Waals surface area contributed by atoms with E-state index in [0.29, 0.717) is 11.4 Å². The van der Waals surface area contributed by atoms with Crippen LogP contribution >= 0.6 is 11.8 Å². The van der Waals surface area contributed by atoms with E-state index in [1.807, 2.05) is 0 Å². The molecule has 0 radical (unpaired) electrons. The van der Waals surface area contributed by atoms with Gasteiger partial charge in [0.1, 0.15) is 5.82 Å². The molecule has 0 fully saturated rings. The average molecular weight is 408 g/mol. The first-order valence-corrected chi connectivity index (χ1v) is 10.7. The summed E-state index contributed by atoms with van der Waals surface area (Å²) >= 11 is 1.36. The zero-order chi connectivity index (χ0) is 19.6. The molecule has 2 aromatic carbocycles. The Hall–Kier alpha value is -2.39. The zero-order valence-electron chi connectivity index (χ0n) is 14.4. The van der Waals surface area contributed by atoms with E-state index < -0.39 is 21.6 Å². The summed E-state index contributed by atoms with van der Waals surface area (Å²) in [5.41, 5.74) is 0.848. The van der Waals surface area contributed by atoms with Crippen molar-refractivity contribution >= 4 is 44.8 Å².